The molecule has 0 saturated carbocycles. The molecule has 0 amide bonds. The lowest BCUT2D eigenvalue weighted by atomic mass is 10.1. The average Bonchev–Trinajstić information content (AvgIpc) is 3.07. The van der Waals surface area contributed by atoms with Crippen LogP contribution in [-0.2, 0) is 4.74 Å². The Labute approximate surface area is 129 Å². The van der Waals surface area contributed by atoms with Crippen molar-refractivity contribution < 1.29 is 4.74 Å². The number of allylic oxidation sites excluding steroid dienone is 3. The number of piperazine rings is 1. The molecule has 3 rings (SSSR count). The summed E-state index contributed by atoms with van der Waals surface area (Å²) in [4.78, 5) is 7.76. The standard InChI is InChI=1S/C17H29N3O/c1-21-17-6-4-5-16(15-17)20-13-11-19(12-14-20)10-9-18-7-2-3-8-18/h5,15H,2-4,6-14H2,1H3. The lowest BCUT2D eigenvalue weighted by molar-refractivity contribution is 0.145. The van der Waals surface area contributed by atoms with Crippen molar-refractivity contribution in [3.63, 3.8) is 0 Å². The Balaban J connectivity index is 1.42. The van der Waals surface area contributed by atoms with Crippen LogP contribution in [0.5, 0.6) is 0 Å². The quantitative estimate of drug-likeness (QED) is 0.770. The van der Waals surface area contributed by atoms with Gasteiger partial charge in [-0.25, -0.2) is 0 Å². The molecule has 0 N–H and O–H groups in total. The van der Waals surface area contributed by atoms with Gasteiger partial charge in [-0.2, -0.15) is 0 Å². The summed E-state index contributed by atoms with van der Waals surface area (Å²) in [5, 5.41) is 0. The maximum atomic E-state index is 5.41. The molecule has 0 aromatic rings. The van der Waals surface area contributed by atoms with Crippen molar-refractivity contribution in [3.05, 3.63) is 23.6 Å². The van der Waals surface area contributed by atoms with Crippen LogP contribution >= 0.6 is 0 Å². The van der Waals surface area contributed by atoms with Gasteiger partial charge in [0.15, 0.2) is 0 Å². The molecule has 0 atom stereocenters. The first-order chi connectivity index (χ1) is 10.3. The highest BCUT2D eigenvalue weighted by Gasteiger charge is 2.20. The zero-order valence-corrected chi connectivity index (χ0v) is 13.4. The van der Waals surface area contributed by atoms with E-state index in [1.165, 1.54) is 57.8 Å². The van der Waals surface area contributed by atoms with E-state index in [2.05, 4.69) is 26.9 Å². The van der Waals surface area contributed by atoms with Gasteiger partial charge >= 0.3 is 0 Å². The first-order valence-electron chi connectivity index (χ1n) is 8.49. The normalized spacial score (nSPS) is 24.9. The van der Waals surface area contributed by atoms with E-state index >= 15 is 0 Å². The van der Waals surface area contributed by atoms with Crippen LogP contribution in [0.3, 0.4) is 0 Å². The Bertz CT molecular complexity index is 391. The number of nitrogens with zero attached hydrogens (tertiary/aromatic N) is 3. The highest BCUT2D eigenvalue weighted by atomic mass is 16.5. The van der Waals surface area contributed by atoms with E-state index in [1.807, 2.05) is 0 Å². The molecule has 2 saturated heterocycles. The summed E-state index contributed by atoms with van der Waals surface area (Å²) in [7, 11) is 1.78. The van der Waals surface area contributed by atoms with E-state index in [-0.39, 0.29) is 0 Å². The number of rotatable bonds is 5. The molecule has 0 aromatic heterocycles. The minimum absolute atomic E-state index is 1.05. The van der Waals surface area contributed by atoms with Crippen LogP contribution in [0.2, 0.25) is 0 Å². The second-order valence-electron chi connectivity index (χ2n) is 6.36. The maximum absolute atomic E-state index is 5.41. The van der Waals surface area contributed by atoms with Crippen LogP contribution in [0, 0.1) is 0 Å². The van der Waals surface area contributed by atoms with E-state index in [1.54, 1.807) is 7.11 Å². The summed E-state index contributed by atoms with van der Waals surface area (Å²) in [6, 6.07) is 0. The van der Waals surface area contributed by atoms with Crippen LogP contribution in [0.15, 0.2) is 23.6 Å². The molecule has 4 nitrogen and oxygen atoms in total. The second kappa shape index (κ2) is 7.32. The molecule has 2 fully saturated rings. The van der Waals surface area contributed by atoms with Crippen molar-refractivity contribution in [2.24, 2.45) is 0 Å². The van der Waals surface area contributed by atoms with E-state index < -0.39 is 0 Å². The van der Waals surface area contributed by atoms with Crippen molar-refractivity contribution in [1.82, 2.24) is 14.7 Å². The van der Waals surface area contributed by atoms with Gasteiger partial charge in [-0.3, -0.25) is 4.90 Å². The summed E-state index contributed by atoms with van der Waals surface area (Å²) in [6.07, 6.45) is 9.55. The van der Waals surface area contributed by atoms with E-state index in [0.717, 1.165) is 31.7 Å². The molecule has 0 unspecified atom stereocenters. The first kappa shape index (κ1) is 14.9. The number of hydrogen-bond acceptors (Lipinski definition) is 4. The summed E-state index contributed by atoms with van der Waals surface area (Å²) in [6.45, 7) is 9.83. The van der Waals surface area contributed by atoms with E-state index in [9.17, 15) is 0 Å². The van der Waals surface area contributed by atoms with Gasteiger partial charge in [0.1, 0.15) is 0 Å². The highest BCUT2D eigenvalue weighted by Crippen LogP contribution is 2.21. The lowest BCUT2D eigenvalue weighted by Gasteiger charge is -2.38. The molecule has 118 valence electrons. The van der Waals surface area contributed by atoms with Crippen LogP contribution in [0.1, 0.15) is 25.7 Å². The number of hydrogen-bond donors (Lipinski definition) is 0. The van der Waals surface area contributed by atoms with Gasteiger partial charge < -0.3 is 14.5 Å². The average molecular weight is 291 g/mol. The van der Waals surface area contributed by atoms with Crippen LogP contribution in [-0.4, -0.2) is 74.2 Å². The predicted octanol–water partition coefficient (Wildman–Crippen LogP) is 1.91. The lowest BCUT2D eigenvalue weighted by Crippen LogP contribution is -2.47. The minimum atomic E-state index is 1.05. The van der Waals surface area contributed by atoms with Crippen molar-refractivity contribution in [2.45, 2.75) is 25.7 Å². The smallest absolute Gasteiger partial charge is 0.0979 e. The third kappa shape index (κ3) is 4.01. The number of methoxy groups -OCH3 is 1. The highest BCUT2D eigenvalue weighted by molar-refractivity contribution is 5.24. The molecule has 0 aromatic carbocycles. The molecule has 0 bridgehead atoms. The van der Waals surface area contributed by atoms with Gasteiger partial charge in [0.25, 0.3) is 0 Å². The van der Waals surface area contributed by atoms with Gasteiger partial charge in [-0.05, 0) is 38.4 Å². The van der Waals surface area contributed by atoms with Crippen LogP contribution in [0.4, 0.5) is 0 Å². The van der Waals surface area contributed by atoms with Gasteiger partial charge in [0.05, 0.1) is 12.9 Å². The van der Waals surface area contributed by atoms with E-state index in [4.69, 9.17) is 4.74 Å². The molecule has 2 aliphatic heterocycles. The Morgan fingerprint density at radius 1 is 0.952 bits per heavy atom. The molecule has 21 heavy (non-hydrogen) atoms. The summed E-state index contributed by atoms with van der Waals surface area (Å²) in [5.41, 5.74) is 1.37. The van der Waals surface area contributed by atoms with Crippen molar-refractivity contribution >= 4 is 0 Å². The molecule has 4 heteroatoms. The third-order valence-electron chi connectivity index (χ3n) is 4.98. The first-order valence-corrected chi connectivity index (χ1v) is 8.49. The van der Waals surface area contributed by atoms with Gasteiger partial charge in [-0.15, -0.1) is 0 Å². The van der Waals surface area contributed by atoms with Crippen molar-refractivity contribution in [1.29, 1.82) is 0 Å². The fourth-order valence-corrected chi connectivity index (χ4v) is 3.56. The van der Waals surface area contributed by atoms with Crippen molar-refractivity contribution in [2.75, 3.05) is 59.5 Å². The Morgan fingerprint density at radius 2 is 1.62 bits per heavy atom. The Hall–Kier alpha value is -1.00. The zero-order chi connectivity index (χ0) is 14.5. The topological polar surface area (TPSA) is 19.0 Å². The monoisotopic (exact) mass is 291 g/mol. The van der Waals surface area contributed by atoms with Gasteiger partial charge in [0.2, 0.25) is 0 Å². The molecule has 1 aliphatic carbocycles. The van der Waals surface area contributed by atoms with Gasteiger partial charge in [-0.1, -0.05) is 6.08 Å². The summed E-state index contributed by atoms with van der Waals surface area (Å²) in [5.74, 6) is 1.13. The molecule has 0 spiro atoms. The summed E-state index contributed by atoms with van der Waals surface area (Å²) < 4.78 is 5.41. The van der Waals surface area contributed by atoms with Crippen LogP contribution < -0.4 is 0 Å². The molecular weight excluding hydrogens is 262 g/mol. The Morgan fingerprint density at radius 3 is 2.29 bits per heavy atom. The molecule has 0 radical (unpaired) electrons. The predicted molar refractivity (Wildman–Crippen MR) is 86.1 cm³/mol. The number of ether oxygens (including phenoxy) is 1. The second-order valence-corrected chi connectivity index (χ2v) is 6.36. The third-order valence-corrected chi connectivity index (χ3v) is 4.98. The SMILES string of the molecule is COC1=CC(N2CCN(CCN3CCCC3)CC2)=CCC1. The van der Waals surface area contributed by atoms with Crippen LogP contribution in [0.25, 0.3) is 0 Å². The molecule has 2 heterocycles. The minimum Gasteiger partial charge on any atom is -0.501 e. The molecular formula is C17H29N3O. The van der Waals surface area contributed by atoms with Gasteiger partial charge in [0, 0.05) is 51.4 Å². The maximum Gasteiger partial charge on any atom is 0.0979 e. The van der Waals surface area contributed by atoms with Crippen molar-refractivity contribution in [3.8, 4) is 0 Å². The van der Waals surface area contributed by atoms with E-state index in [0.29, 0.717) is 0 Å². The zero-order valence-electron chi connectivity index (χ0n) is 13.4. The molecule has 3 aliphatic rings. The fraction of sp³-hybridized carbons (Fsp3) is 0.765. The number of likely N-dealkylation sites (tertiary alicyclic amines) is 1. The summed E-state index contributed by atoms with van der Waals surface area (Å²) >= 11 is 0. The fourth-order valence-electron chi connectivity index (χ4n) is 3.56. The largest absolute Gasteiger partial charge is 0.501 e. The Kier molecular flexibility index (Phi) is 5.20.